The largest absolute Gasteiger partial charge is 0.348 e. The minimum Gasteiger partial charge on any atom is -0.348 e. The normalized spacial score (nSPS) is 19.0. The average molecular weight is 457 g/mol. The number of unbranched alkanes of at least 4 members (excludes halogenated alkanes) is 1. The van der Waals surface area contributed by atoms with E-state index in [1.165, 1.54) is 80.7 Å². The van der Waals surface area contributed by atoms with Gasteiger partial charge in [0.1, 0.15) is 5.69 Å². The topological polar surface area (TPSA) is 34.0 Å². The number of halogens is 1. The summed E-state index contributed by atoms with van der Waals surface area (Å²) in [6.07, 6.45) is 18.3. The smallest absolute Gasteiger partial charge is 0.268 e. The fraction of sp³-hybridized carbons (Fsp3) is 0.679. The van der Waals surface area contributed by atoms with Crippen LogP contribution in [0.1, 0.15) is 106 Å². The molecule has 1 aromatic carbocycles. The lowest BCUT2D eigenvalue weighted by molar-refractivity contribution is 0.0920. The van der Waals surface area contributed by atoms with Crippen LogP contribution in [0.5, 0.6) is 0 Å². The SMILES string of the molecule is O=C(NC1CCCCCCC1)c1c(CC2CCCCC2)c2ccccc2n1CCCCCl. The minimum atomic E-state index is 0.156. The van der Waals surface area contributed by atoms with E-state index in [0.29, 0.717) is 17.8 Å². The molecule has 1 N–H and O–H groups in total. The summed E-state index contributed by atoms with van der Waals surface area (Å²) in [5.41, 5.74) is 3.45. The number of carbonyl (C=O) groups is 1. The predicted molar refractivity (Wildman–Crippen MR) is 136 cm³/mol. The summed E-state index contributed by atoms with van der Waals surface area (Å²) in [4.78, 5) is 13.8. The van der Waals surface area contributed by atoms with Crippen molar-refractivity contribution in [1.29, 1.82) is 0 Å². The molecular formula is C28H41ClN2O. The van der Waals surface area contributed by atoms with E-state index in [1.54, 1.807) is 0 Å². The van der Waals surface area contributed by atoms with E-state index < -0.39 is 0 Å². The zero-order valence-electron chi connectivity index (χ0n) is 19.7. The molecular weight excluding hydrogens is 416 g/mol. The summed E-state index contributed by atoms with van der Waals surface area (Å²) in [5, 5.41) is 4.77. The number of rotatable bonds is 8. The summed E-state index contributed by atoms with van der Waals surface area (Å²) in [7, 11) is 0. The summed E-state index contributed by atoms with van der Waals surface area (Å²) in [5.74, 6) is 1.54. The van der Waals surface area contributed by atoms with Gasteiger partial charge in [-0.05, 0) is 49.7 Å². The van der Waals surface area contributed by atoms with Crippen LogP contribution in [0.25, 0.3) is 10.9 Å². The standard InChI is InChI=1S/C28H41ClN2O/c29-19-11-12-20-31-26-18-10-9-17-24(26)25(21-22-13-5-4-6-14-22)27(31)28(32)30-23-15-7-2-1-3-8-16-23/h9-10,17-18,22-23H,1-8,11-16,19-21H2,(H,30,32). The Morgan fingerprint density at radius 2 is 1.56 bits per heavy atom. The van der Waals surface area contributed by atoms with Crippen molar-refractivity contribution in [3.63, 3.8) is 0 Å². The maximum atomic E-state index is 13.8. The van der Waals surface area contributed by atoms with Crippen molar-refractivity contribution in [3.8, 4) is 0 Å². The van der Waals surface area contributed by atoms with Crippen LogP contribution in [0.4, 0.5) is 0 Å². The molecule has 0 aliphatic heterocycles. The third-order valence-corrected chi connectivity index (χ3v) is 7.98. The molecule has 0 spiro atoms. The second-order valence-corrected chi connectivity index (χ2v) is 10.5. The van der Waals surface area contributed by atoms with Crippen molar-refractivity contribution in [1.82, 2.24) is 9.88 Å². The van der Waals surface area contributed by atoms with Crippen molar-refractivity contribution >= 4 is 28.4 Å². The van der Waals surface area contributed by atoms with Gasteiger partial charge in [0.15, 0.2) is 0 Å². The molecule has 0 bridgehead atoms. The van der Waals surface area contributed by atoms with E-state index in [-0.39, 0.29) is 5.91 Å². The molecule has 0 unspecified atom stereocenters. The molecule has 32 heavy (non-hydrogen) atoms. The molecule has 2 fully saturated rings. The molecule has 176 valence electrons. The van der Waals surface area contributed by atoms with Crippen LogP contribution in [-0.2, 0) is 13.0 Å². The molecule has 3 nitrogen and oxygen atoms in total. The van der Waals surface area contributed by atoms with Gasteiger partial charge in [-0.15, -0.1) is 11.6 Å². The van der Waals surface area contributed by atoms with Gasteiger partial charge in [0, 0.05) is 29.4 Å². The van der Waals surface area contributed by atoms with Gasteiger partial charge >= 0.3 is 0 Å². The minimum absolute atomic E-state index is 0.156. The van der Waals surface area contributed by atoms with Crippen molar-refractivity contribution in [2.24, 2.45) is 5.92 Å². The molecule has 2 aromatic rings. The monoisotopic (exact) mass is 456 g/mol. The highest BCUT2D eigenvalue weighted by Crippen LogP contribution is 2.34. The van der Waals surface area contributed by atoms with E-state index in [0.717, 1.165) is 44.3 Å². The van der Waals surface area contributed by atoms with Crippen molar-refractivity contribution in [3.05, 3.63) is 35.5 Å². The number of aryl methyl sites for hydroxylation is 1. The number of nitrogens with zero attached hydrogens (tertiary/aromatic N) is 1. The van der Waals surface area contributed by atoms with Gasteiger partial charge in [-0.3, -0.25) is 4.79 Å². The number of hydrogen-bond donors (Lipinski definition) is 1. The fourth-order valence-corrected chi connectivity index (χ4v) is 6.16. The number of carbonyl (C=O) groups excluding carboxylic acids is 1. The molecule has 0 atom stereocenters. The van der Waals surface area contributed by atoms with Crippen LogP contribution >= 0.6 is 11.6 Å². The first-order valence-electron chi connectivity index (χ1n) is 13.2. The number of hydrogen-bond acceptors (Lipinski definition) is 1. The summed E-state index contributed by atoms with van der Waals surface area (Å²) >= 11 is 5.99. The van der Waals surface area contributed by atoms with Crippen molar-refractivity contribution in [2.75, 3.05) is 5.88 Å². The number of aromatic nitrogens is 1. The predicted octanol–water partition coefficient (Wildman–Crippen LogP) is 7.63. The third kappa shape index (κ3) is 5.90. The molecule has 4 rings (SSSR count). The summed E-state index contributed by atoms with van der Waals surface area (Å²) in [6, 6.07) is 9.00. The highest BCUT2D eigenvalue weighted by Gasteiger charge is 2.27. The third-order valence-electron chi connectivity index (χ3n) is 7.71. The fourth-order valence-electron chi connectivity index (χ4n) is 5.97. The molecule has 1 heterocycles. The molecule has 2 saturated carbocycles. The maximum absolute atomic E-state index is 13.8. The Labute approximate surface area is 199 Å². The first-order valence-corrected chi connectivity index (χ1v) is 13.8. The van der Waals surface area contributed by atoms with Crippen LogP contribution in [-0.4, -0.2) is 22.4 Å². The highest BCUT2D eigenvalue weighted by molar-refractivity contribution is 6.17. The average Bonchev–Trinajstić information content (AvgIpc) is 3.10. The van der Waals surface area contributed by atoms with Gasteiger partial charge in [-0.2, -0.15) is 0 Å². The van der Waals surface area contributed by atoms with Crippen molar-refractivity contribution in [2.45, 2.75) is 109 Å². The highest BCUT2D eigenvalue weighted by atomic mass is 35.5. The number of alkyl halides is 1. The molecule has 1 amide bonds. The first-order chi connectivity index (χ1) is 15.8. The molecule has 2 aliphatic rings. The van der Waals surface area contributed by atoms with E-state index >= 15 is 0 Å². The number of amides is 1. The Balaban J connectivity index is 1.66. The number of fused-ring (bicyclic) bond motifs is 1. The van der Waals surface area contributed by atoms with Crippen LogP contribution in [0, 0.1) is 5.92 Å². The van der Waals surface area contributed by atoms with E-state index in [4.69, 9.17) is 11.6 Å². The van der Waals surface area contributed by atoms with Gasteiger partial charge in [0.05, 0.1) is 0 Å². The van der Waals surface area contributed by atoms with Crippen LogP contribution in [0.15, 0.2) is 24.3 Å². The molecule has 0 radical (unpaired) electrons. The van der Waals surface area contributed by atoms with Crippen molar-refractivity contribution < 1.29 is 4.79 Å². The zero-order valence-corrected chi connectivity index (χ0v) is 20.5. The van der Waals surface area contributed by atoms with E-state index in [9.17, 15) is 4.79 Å². The van der Waals surface area contributed by atoms with Gasteiger partial charge in [-0.25, -0.2) is 0 Å². The van der Waals surface area contributed by atoms with Gasteiger partial charge in [0.25, 0.3) is 5.91 Å². The lowest BCUT2D eigenvalue weighted by Crippen LogP contribution is -2.37. The Kier molecular flexibility index (Phi) is 8.96. The Morgan fingerprint density at radius 3 is 2.31 bits per heavy atom. The second kappa shape index (κ2) is 12.1. The number of para-hydroxylation sites is 1. The quantitative estimate of drug-likeness (QED) is 0.321. The Morgan fingerprint density at radius 1 is 0.906 bits per heavy atom. The zero-order chi connectivity index (χ0) is 22.2. The summed E-state index contributed by atoms with van der Waals surface area (Å²) in [6.45, 7) is 0.866. The lowest BCUT2D eigenvalue weighted by atomic mass is 9.84. The maximum Gasteiger partial charge on any atom is 0.268 e. The van der Waals surface area contributed by atoms with Crippen LogP contribution in [0.2, 0.25) is 0 Å². The Hall–Kier alpha value is -1.48. The molecule has 1 aromatic heterocycles. The molecule has 0 saturated heterocycles. The summed E-state index contributed by atoms with van der Waals surface area (Å²) < 4.78 is 2.32. The van der Waals surface area contributed by atoms with Gasteiger partial charge in [0.2, 0.25) is 0 Å². The second-order valence-electron chi connectivity index (χ2n) is 10.1. The molecule has 4 heteroatoms. The van der Waals surface area contributed by atoms with Gasteiger partial charge in [-0.1, -0.05) is 82.4 Å². The van der Waals surface area contributed by atoms with Crippen LogP contribution in [0.3, 0.4) is 0 Å². The van der Waals surface area contributed by atoms with E-state index in [2.05, 4.69) is 34.1 Å². The Bertz CT molecular complexity index is 860. The molecule has 2 aliphatic carbocycles. The number of benzene rings is 1. The van der Waals surface area contributed by atoms with Gasteiger partial charge < -0.3 is 9.88 Å². The lowest BCUT2D eigenvalue weighted by Gasteiger charge is -2.24. The number of nitrogens with one attached hydrogen (secondary N) is 1. The first kappa shape index (κ1) is 23.7. The van der Waals surface area contributed by atoms with E-state index in [1.807, 2.05) is 0 Å². The van der Waals surface area contributed by atoms with Crippen LogP contribution < -0.4 is 5.32 Å².